The number of nitrogens with zero attached hydrogens (tertiary/aromatic N) is 4. The average Bonchev–Trinajstić information content (AvgIpc) is 3.06. The summed E-state index contributed by atoms with van der Waals surface area (Å²) in [4.78, 5) is 38.0. The van der Waals surface area contributed by atoms with Gasteiger partial charge in [0.1, 0.15) is 0 Å². The standard InChI is InChI=1S/C16H15ClN4O5S/c17-15-2-1-14(27-15)10-18-3-5-19(6-4-18)16(22)11-7-12(20(23)24)9-13(8-11)21(25)26/h1-2,7-9H,3-6,10H2. The molecule has 0 bridgehead atoms. The molecule has 142 valence electrons. The van der Waals surface area contributed by atoms with Crippen molar-refractivity contribution in [1.82, 2.24) is 9.80 Å². The predicted molar refractivity (Wildman–Crippen MR) is 100 cm³/mol. The zero-order chi connectivity index (χ0) is 19.6. The Morgan fingerprint density at radius 1 is 1.04 bits per heavy atom. The number of nitro groups is 2. The van der Waals surface area contributed by atoms with E-state index in [0.717, 1.165) is 34.0 Å². The van der Waals surface area contributed by atoms with Gasteiger partial charge in [0, 0.05) is 49.7 Å². The summed E-state index contributed by atoms with van der Waals surface area (Å²) in [5.41, 5.74) is -0.990. The Morgan fingerprint density at radius 3 is 2.11 bits per heavy atom. The smallest absolute Gasteiger partial charge is 0.277 e. The van der Waals surface area contributed by atoms with Crippen LogP contribution >= 0.6 is 22.9 Å². The second-order valence-electron chi connectivity index (χ2n) is 6.03. The lowest BCUT2D eigenvalue weighted by atomic mass is 10.1. The Labute approximate surface area is 163 Å². The molecular weight excluding hydrogens is 396 g/mol. The van der Waals surface area contributed by atoms with Crippen LogP contribution in [0, 0.1) is 20.2 Å². The van der Waals surface area contributed by atoms with Gasteiger partial charge in [-0.3, -0.25) is 29.9 Å². The van der Waals surface area contributed by atoms with E-state index in [4.69, 9.17) is 11.6 Å². The zero-order valence-corrected chi connectivity index (χ0v) is 15.6. The molecule has 1 aliphatic heterocycles. The minimum absolute atomic E-state index is 0.0469. The monoisotopic (exact) mass is 410 g/mol. The average molecular weight is 411 g/mol. The van der Waals surface area contributed by atoms with Gasteiger partial charge < -0.3 is 4.90 Å². The van der Waals surface area contributed by atoms with E-state index in [1.165, 1.54) is 11.3 Å². The second kappa shape index (κ2) is 7.99. The largest absolute Gasteiger partial charge is 0.336 e. The first-order valence-corrected chi connectivity index (χ1v) is 9.22. The number of piperazine rings is 1. The van der Waals surface area contributed by atoms with Crippen molar-refractivity contribution in [3.8, 4) is 0 Å². The highest BCUT2D eigenvalue weighted by atomic mass is 35.5. The Bertz CT molecular complexity index is 862. The van der Waals surface area contributed by atoms with Gasteiger partial charge in [0.2, 0.25) is 0 Å². The molecule has 0 atom stereocenters. The first kappa shape index (κ1) is 19.2. The zero-order valence-electron chi connectivity index (χ0n) is 14.0. The lowest BCUT2D eigenvalue weighted by molar-refractivity contribution is -0.394. The van der Waals surface area contributed by atoms with Crippen LogP contribution in [0.15, 0.2) is 30.3 Å². The molecule has 0 unspecified atom stereocenters. The number of carbonyl (C=O) groups is 1. The van der Waals surface area contributed by atoms with Gasteiger partial charge in [0.15, 0.2) is 0 Å². The highest BCUT2D eigenvalue weighted by Crippen LogP contribution is 2.25. The van der Waals surface area contributed by atoms with Crippen LogP contribution in [0.25, 0.3) is 0 Å². The van der Waals surface area contributed by atoms with Crippen LogP contribution in [0.5, 0.6) is 0 Å². The number of halogens is 1. The first-order chi connectivity index (χ1) is 12.8. The van der Waals surface area contributed by atoms with Gasteiger partial charge in [-0.05, 0) is 12.1 Å². The van der Waals surface area contributed by atoms with E-state index in [9.17, 15) is 25.0 Å². The van der Waals surface area contributed by atoms with Gasteiger partial charge in [-0.15, -0.1) is 11.3 Å². The van der Waals surface area contributed by atoms with Gasteiger partial charge >= 0.3 is 0 Å². The normalized spacial score (nSPS) is 14.9. The molecule has 0 radical (unpaired) electrons. The topological polar surface area (TPSA) is 110 Å². The third-order valence-corrected chi connectivity index (χ3v) is 5.45. The number of benzene rings is 1. The van der Waals surface area contributed by atoms with E-state index in [1.807, 2.05) is 12.1 Å². The van der Waals surface area contributed by atoms with Gasteiger partial charge in [0.05, 0.1) is 25.8 Å². The molecule has 1 saturated heterocycles. The molecule has 0 N–H and O–H groups in total. The van der Waals surface area contributed by atoms with E-state index in [1.54, 1.807) is 4.90 Å². The number of hydrogen-bond acceptors (Lipinski definition) is 7. The van der Waals surface area contributed by atoms with Crippen molar-refractivity contribution < 1.29 is 14.6 Å². The van der Waals surface area contributed by atoms with Gasteiger partial charge in [-0.1, -0.05) is 11.6 Å². The molecule has 0 spiro atoms. The summed E-state index contributed by atoms with van der Waals surface area (Å²) in [6, 6.07) is 6.81. The molecule has 9 nitrogen and oxygen atoms in total. The Kier molecular flexibility index (Phi) is 5.68. The molecule has 27 heavy (non-hydrogen) atoms. The molecule has 2 heterocycles. The van der Waals surface area contributed by atoms with Crippen LogP contribution < -0.4 is 0 Å². The predicted octanol–water partition coefficient (Wildman–Crippen LogP) is 3.18. The highest BCUT2D eigenvalue weighted by Gasteiger charge is 2.26. The van der Waals surface area contributed by atoms with E-state index in [2.05, 4.69) is 4.90 Å². The number of hydrogen-bond donors (Lipinski definition) is 0. The maximum atomic E-state index is 12.7. The van der Waals surface area contributed by atoms with Crippen LogP contribution in [0.4, 0.5) is 11.4 Å². The quantitative estimate of drug-likeness (QED) is 0.553. The van der Waals surface area contributed by atoms with Crippen molar-refractivity contribution in [2.45, 2.75) is 6.54 Å². The number of amides is 1. The molecule has 1 fully saturated rings. The lowest BCUT2D eigenvalue weighted by Crippen LogP contribution is -2.48. The van der Waals surface area contributed by atoms with Gasteiger partial charge in [0.25, 0.3) is 17.3 Å². The summed E-state index contributed by atoms with van der Waals surface area (Å²) in [7, 11) is 0. The minimum atomic E-state index is -0.742. The van der Waals surface area contributed by atoms with Crippen molar-refractivity contribution in [3.63, 3.8) is 0 Å². The van der Waals surface area contributed by atoms with E-state index in [-0.39, 0.29) is 5.56 Å². The summed E-state index contributed by atoms with van der Waals surface area (Å²) in [5, 5.41) is 22.0. The van der Waals surface area contributed by atoms with Gasteiger partial charge in [-0.2, -0.15) is 0 Å². The highest BCUT2D eigenvalue weighted by molar-refractivity contribution is 7.16. The Morgan fingerprint density at radius 2 is 1.63 bits per heavy atom. The van der Waals surface area contributed by atoms with Crippen LogP contribution in [-0.4, -0.2) is 51.7 Å². The number of non-ortho nitro benzene ring substituents is 2. The SMILES string of the molecule is O=C(c1cc([N+](=O)[O-])cc([N+](=O)[O-])c1)N1CCN(Cc2ccc(Cl)s2)CC1. The summed E-state index contributed by atoms with van der Waals surface area (Å²) in [6.07, 6.45) is 0. The van der Waals surface area contributed by atoms with Crippen LogP contribution in [0.1, 0.15) is 15.2 Å². The van der Waals surface area contributed by atoms with Crippen molar-refractivity contribution in [1.29, 1.82) is 0 Å². The summed E-state index contributed by atoms with van der Waals surface area (Å²) in [6.45, 7) is 2.89. The fraction of sp³-hybridized carbons (Fsp3) is 0.312. The third-order valence-electron chi connectivity index (χ3n) is 4.24. The lowest BCUT2D eigenvalue weighted by Gasteiger charge is -2.34. The molecule has 1 aromatic carbocycles. The van der Waals surface area contributed by atoms with Crippen LogP contribution in [0.3, 0.4) is 0 Å². The minimum Gasteiger partial charge on any atom is -0.336 e. The van der Waals surface area contributed by atoms with Crippen LogP contribution in [-0.2, 0) is 6.54 Å². The molecule has 1 amide bonds. The van der Waals surface area contributed by atoms with Crippen LogP contribution in [0.2, 0.25) is 4.34 Å². The van der Waals surface area contributed by atoms with E-state index < -0.39 is 27.1 Å². The number of nitro benzene ring substituents is 2. The molecule has 1 aromatic heterocycles. The number of rotatable bonds is 5. The summed E-state index contributed by atoms with van der Waals surface area (Å²) in [5.74, 6) is -0.444. The van der Waals surface area contributed by atoms with Crippen molar-refractivity contribution in [3.05, 3.63) is 65.3 Å². The van der Waals surface area contributed by atoms with Crippen molar-refractivity contribution in [2.24, 2.45) is 0 Å². The molecule has 1 aliphatic rings. The maximum Gasteiger partial charge on any atom is 0.277 e. The molecule has 11 heteroatoms. The maximum absolute atomic E-state index is 12.7. The molecule has 0 saturated carbocycles. The number of carbonyl (C=O) groups excluding carboxylic acids is 1. The van der Waals surface area contributed by atoms with Crippen molar-refractivity contribution in [2.75, 3.05) is 26.2 Å². The molecule has 0 aliphatic carbocycles. The molecule has 2 aromatic rings. The Hall–Kier alpha value is -2.56. The van der Waals surface area contributed by atoms with E-state index >= 15 is 0 Å². The Balaban J connectivity index is 1.68. The fourth-order valence-electron chi connectivity index (χ4n) is 2.88. The second-order valence-corrected chi connectivity index (χ2v) is 7.83. The first-order valence-electron chi connectivity index (χ1n) is 8.03. The molecule has 3 rings (SSSR count). The van der Waals surface area contributed by atoms with E-state index in [0.29, 0.717) is 26.2 Å². The third kappa shape index (κ3) is 4.59. The molecular formula is C16H15ClN4O5S. The van der Waals surface area contributed by atoms with Gasteiger partial charge in [-0.25, -0.2) is 0 Å². The summed E-state index contributed by atoms with van der Waals surface area (Å²) >= 11 is 7.44. The fourth-order valence-corrected chi connectivity index (χ4v) is 4.01. The summed E-state index contributed by atoms with van der Waals surface area (Å²) < 4.78 is 0.728. The van der Waals surface area contributed by atoms with Crippen molar-refractivity contribution >= 4 is 40.2 Å². The number of thiophene rings is 1.